The average molecular weight is 311 g/mol. The Kier molecular flexibility index (Phi) is 4.47. The first-order valence-electron chi connectivity index (χ1n) is 7.70. The molecule has 0 aliphatic rings. The van der Waals surface area contributed by atoms with E-state index in [4.69, 9.17) is 0 Å². The van der Waals surface area contributed by atoms with Crippen molar-refractivity contribution in [3.8, 4) is 0 Å². The van der Waals surface area contributed by atoms with Crippen LogP contribution in [0.15, 0.2) is 36.4 Å². The molecule has 2 aromatic heterocycles. The molecule has 7 heteroatoms. The maximum atomic E-state index is 4.33. The number of fused-ring (bicyclic) bond motifs is 1. The fraction of sp³-hybridized carbons (Fsp3) is 0.375. The summed E-state index contributed by atoms with van der Waals surface area (Å²) < 4.78 is 1.42. The lowest BCUT2D eigenvalue weighted by Gasteiger charge is -2.22. The maximum Gasteiger partial charge on any atom is 0.200 e. The molecule has 0 amide bonds. The molecule has 120 valence electrons. The minimum Gasteiger partial charge on any atom is -0.364 e. The van der Waals surface area contributed by atoms with Gasteiger partial charge in [0, 0.05) is 19.1 Å². The lowest BCUT2D eigenvalue weighted by atomic mass is 10.1. The van der Waals surface area contributed by atoms with Gasteiger partial charge in [-0.3, -0.25) is 4.90 Å². The SMILES string of the molecule is CC(C)N(C)Cc1ccccc1CNc1ccc2nnnn2n1. The molecule has 1 aromatic carbocycles. The van der Waals surface area contributed by atoms with Crippen LogP contribution in [0.4, 0.5) is 5.82 Å². The molecule has 3 rings (SSSR count). The van der Waals surface area contributed by atoms with Crippen molar-refractivity contribution in [2.45, 2.75) is 33.0 Å². The van der Waals surface area contributed by atoms with Gasteiger partial charge in [0.2, 0.25) is 0 Å². The average Bonchev–Trinajstić information content (AvgIpc) is 3.01. The van der Waals surface area contributed by atoms with Gasteiger partial charge < -0.3 is 5.32 Å². The van der Waals surface area contributed by atoms with Crippen LogP contribution in [0.25, 0.3) is 5.65 Å². The fourth-order valence-electron chi connectivity index (χ4n) is 2.27. The molecule has 0 unspecified atom stereocenters. The smallest absolute Gasteiger partial charge is 0.200 e. The summed E-state index contributed by atoms with van der Waals surface area (Å²) in [6.45, 7) is 6.04. The standard InChI is InChI=1S/C16H21N7/c1-12(2)22(3)11-14-7-5-4-6-13(14)10-17-15-8-9-16-18-20-21-23(16)19-15/h4-9,12H,10-11H2,1-3H3,(H,17,19). The normalized spacial score (nSPS) is 11.5. The van der Waals surface area contributed by atoms with E-state index < -0.39 is 0 Å². The Morgan fingerprint density at radius 1 is 1.13 bits per heavy atom. The van der Waals surface area contributed by atoms with Crippen LogP contribution in [-0.4, -0.2) is 43.2 Å². The molecule has 0 spiro atoms. The molecule has 0 radical (unpaired) electrons. The number of anilines is 1. The van der Waals surface area contributed by atoms with Crippen molar-refractivity contribution in [2.75, 3.05) is 12.4 Å². The van der Waals surface area contributed by atoms with Crippen LogP contribution in [-0.2, 0) is 13.1 Å². The first kappa shape index (κ1) is 15.4. The summed E-state index contributed by atoms with van der Waals surface area (Å²) >= 11 is 0. The van der Waals surface area contributed by atoms with Crippen molar-refractivity contribution in [3.05, 3.63) is 47.5 Å². The summed E-state index contributed by atoms with van der Waals surface area (Å²) in [5.74, 6) is 0.747. The van der Waals surface area contributed by atoms with E-state index >= 15 is 0 Å². The first-order chi connectivity index (χ1) is 11.1. The van der Waals surface area contributed by atoms with Crippen molar-refractivity contribution in [2.24, 2.45) is 0 Å². The second-order valence-electron chi connectivity index (χ2n) is 5.88. The predicted molar refractivity (Wildman–Crippen MR) is 88.9 cm³/mol. The highest BCUT2D eigenvalue weighted by molar-refractivity contribution is 5.43. The highest BCUT2D eigenvalue weighted by Gasteiger charge is 2.08. The number of nitrogens with one attached hydrogen (secondary N) is 1. The molecule has 0 bridgehead atoms. The van der Waals surface area contributed by atoms with Gasteiger partial charge in [0.05, 0.1) is 0 Å². The van der Waals surface area contributed by atoms with Gasteiger partial charge in [-0.05, 0) is 54.6 Å². The van der Waals surface area contributed by atoms with Crippen molar-refractivity contribution in [1.82, 2.24) is 30.2 Å². The van der Waals surface area contributed by atoms with Crippen LogP contribution >= 0.6 is 0 Å². The van der Waals surface area contributed by atoms with Gasteiger partial charge in [-0.15, -0.1) is 14.8 Å². The molecule has 0 saturated carbocycles. The van der Waals surface area contributed by atoms with Gasteiger partial charge in [-0.2, -0.15) is 0 Å². The Labute approximate surface area is 135 Å². The van der Waals surface area contributed by atoms with E-state index in [9.17, 15) is 0 Å². The summed E-state index contributed by atoms with van der Waals surface area (Å²) in [4.78, 5) is 2.32. The van der Waals surface area contributed by atoms with E-state index in [0.717, 1.165) is 12.4 Å². The van der Waals surface area contributed by atoms with Gasteiger partial charge >= 0.3 is 0 Å². The zero-order valence-corrected chi connectivity index (χ0v) is 13.6. The Morgan fingerprint density at radius 2 is 1.91 bits per heavy atom. The number of nitrogens with zero attached hydrogens (tertiary/aromatic N) is 6. The van der Waals surface area contributed by atoms with Crippen LogP contribution in [0.5, 0.6) is 0 Å². The monoisotopic (exact) mass is 311 g/mol. The molecular formula is C16H21N7. The fourth-order valence-corrected chi connectivity index (χ4v) is 2.27. The van der Waals surface area contributed by atoms with Gasteiger partial charge in [0.15, 0.2) is 5.65 Å². The first-order valence-corrected chi connectivity index (χ1v) is 7.70. The topological polar surface area (TPSA) is 71.2 Å². The van der Waals surface area contributed by atoms with E-state index in [1.807, 2.05) is 12.1 Å². The van der Waals surface area contributed by atoms with Crippen LogP contribution in [0, 0.1) is 0 Å². The molecule has 0 fully saturated rings. The van der Waals surface area contributed by atoms with E-state index in [0.29, 0.717) is 18.2 Å². The lowest BCUT2D eigenvalue weighted by Crippen LogP contribution is -2.26. The van der Waals surface area contributed by atoms with Crippen LogP contribution in [0.2, 0.25) is 0 Å². The number of tetrazole rings is 1. The third kappa shape index (κ3) is 3.62. The van der Waals surface area contributed by atoms with Crippen molar-refractivity contribution in [1.29, 1.82) is 0 Å². The molecule has 0 aliphatic carbocycles. The predicted octanol–water partition coefficient (Wildman–Crippen LogP) is 1.97. The van der Waals surface area contributed by atoms with Crippen LogP contribution < -0.4 is 5.32 Å². The summed E-state index contributed by atoms with van der Waals surface area (Å²) in [6, 6.07) is 12.7. The Morgan fingerprint density at radius 3 is 2.70 bits per heavy atom. The molecule has 23 heavy (non-hydrogen) atoms. The largest absolute Gasteiger partial charge is 0.364 e. The second-order valence-corrected chi connectivity index (χ2v) is 5.88. The lowest BCUT2D eigenvalue weighted by molar-refractivity contribution is 0.265. The molecule has 0 aliphatic heterocycles. The molecule has 1 N–H and O–H groups in total. The van der Waals surface area contributed by atoms with E-state index in [1.165, 1.54) is 15.8 Å². The summed E-state index contributed by atoms with van der Waals surface area (Å²) in [5.41, 5.74) is 3.22. The van der Waals surface area contributed by atoms with Gasteiger partial charge in [0.25, 0.3) is 0 Å². The van der Waals surface area contributed by atoms with Crippen LogP contribution in [0.3, 0.4) is 0 Å². The number of benzene rings is 1. The van der Waals surface area contributed by atoms with Crippen molar-refractivity contribution < 1.29 is 0 Å². The third-order valence-electron chi connectivity index (χ3n) is 3.95. The number of aromatic nitrogens is 5. The molecule has 7 nitrogen and oxygen atoms in total. The number of rotatable bonds is 6. The Balaban J connectivity index is 1.72. The highest BCUT2D eigenvalue weighted by atomic mass is 15.6. The molecule has 0 saturated heterocycles. The van der Waals surface area contributed by atoms with Gasteiger partial charge in [-0.25, -0.2) is 0 Å². The summed E-state index contributed by atoms with van der Waals surface area (Å²) in [6.07, 6.45) is 0. The number of hydrogen-bond donors (Lipinski definition) is 1. The quantitative estimate of drug-likeness (QED) is 0.750. The minimum absolute atomic E-state index is 0.514. The molecule has 3 aromatic rings. The summed E-state index contributed by atoms with van der Waals surface area (Å²) in [5, 5.41) is 18.9. The van der Waals surface area contributed by atoms with Gasteiger partial charge in [-0.1, -0.05) is 24.3 Å². The second kappa shape index (κ2) is 6.70. The Hall–Kier alpha value is -2.54. The molecule has 0 atom stereocenters. The minimum atomic E-state index is 0.514. The zero-order valence-electron chi connectivity index (χ0n) is 13.6. The number of hydrogen-bond acceptors (Lipinski definition) is 6. The molecule has 2 heterocycles. The summed E-state index contributed by atoms with van der Waals surface area (Å²) in [7, 11) is 2.14. The van der Waals surface area contributed by atoms with Crippen molar-refractivity contribution >= 4 is 11.5 Å². The van der Waals surface area contributed by atoms with Gasteiger partial charge in [0.1, 0.15) is 5.82 Å². The maximum absolute atomic E-state index is 4.33. The van der Waals surface area contributed by atoms with E-state index in [-0.39, 0.29) is 0 Å². The highest BCUT2D eigenvalue weighted by Crippen LogP contribution is 2.14. The Bertz CT molecular complexity index is 781. The molecular weight excluding hydrogens is 290 g/mol. The third-order valence-corrected chi connectivity index (χ3v) is 3.95. The zero-order chi connectivity index (χ0) is 16.2. The van der Waals surface area contributed by atoms with Crippen molar-refractivity contribution in [3.63, 3.8) is 0 Å². The van der Waals surface area contributed by atoms with E-state index in [2.05, 4.69) is 76.0 Å². The van der Waals surface area contributed by atoms with Crippen LogP contribution in [0.1, 0.15) is 25.0 Å². The van der Waals surface area contributed by atoms with E-state index in [1.54, 1.807) is 0 Å².